The Hall–Kier alpha value is -1.67. The molecule has 0 saturated carbocycles. The molecule has 1 aromatic heterocycles. The molecule has 1 aromatic rings. The van der Waals surface area contributed by atoms with E-state index in [1.165, 1.54) is 11.3 Å². The fourth-order valence-corrected chi connectivity index (χ4v) is 2.62. The SMILES string of the molecule is CCNC(=O)NCCCOC(=O)Cc1csc([C@@H](C)OCC)n1. The van der Waals surface area contributed by atoms with Gasteiger partial charge in [-0.25, -0.2) is 9.78 Å². The second kappa shape index (κ2) is 11.0. The van der Waals surface area contributed by atoms with Gasteiger partial charge >= 0.3 is 12.0 Å². The van der Waals surface area contributed by atoms with Crippen molar-refractivity contribution in [3.8, 4) is 0 Å². The van der Waals surface area contributed by atoms with Crippen LogP contribution in [0.5, 0.6) is 0 Å². The highest BCUT2D eigenvalue weighted by molar-refractivity contribution is 7.09. The van der Waals surface area contributed by atoms with Gasteiger partial charge in [0.2, 0.25) is 0 Å². The molecule has 0 spiro atoms. The van der Waals surface area contributed by atoms with Crippen molar-refractivity contribution in [2.24, 2.45) is 0 Å². The highest BCUT2D eigenvalue weighted by Gasteiger charge is 2.13. The molecule has 1 heterocycles. The fourth-order valence-electron chi connectivity index (χ4n) is 1.79. The molecule has 130 valence electrons. The van der Waals surface area contributed by atoms with Gasteiger partial charge in [0.1, 0.15) is 11.1 Å². The van der Waals surface area contributed by atoms with Crippen molar-refractivity contribution in [2.45, 2.75) is 39.7 Å². The Labute approximate surface area is 140 Å². The summed E-state index contributed by atoms with van der Waals surface area (Å²) >= 11 is 1.48. The van der Waals surface area contributed by atoms with E-state index in [4.69, 9.17) is 9.47 Å². The number of thiazole rings is 1. The summed E-state index contributed by atoms with van der Waals surface area (Å²) in [7, 11) is 0. The average molecular weight is 343 g/mol. The highest BCUT2D eigenvalue weighted by atomic mass is 32.1. The summed E-state index contributed by atoms with van der Waals surface area (Å²) in [6, 6.07) is -0.211. The van der Waals surface area contributed by atoms with E-state index in [1.807, 2.05) is 26.2 Å². The molecule has 0 radical (unpaired) electrons. The van der Waals surface area contributed by atoms with Crippen LogP contribution in [0.25, 0.3) is 0 Å². The van der Waals surface area contributed by atoms with Gasteiger partial charge in [-0.3, -0.25) is 4.79 Å². The standard InChI is InChI=1S/C15H25N3O4S/c1-4-16-15(20)17-7-6-8-22-13(19)9-12-10-23-14(18-12)11(3)21-5-2/h10-11H,4-9H2,1-3H3,(H2,16,17,20)/t11-/m1/s1. The molecule has 23 heavy (non-hydrogen) atoms. The molecule has 8 heteroatoms. The van der Waals surface area contributed by atoms with Gasteiger partial charge in [-0.05, 0) is 27.2 Å². The van der Waals surface area contributed by atoms with Gasteiger partial charge in [-0.15, -0.1) is 11.3 Å². The number of carbonyl (C=O) groups excluding carboxylic acids is 2. The average Bonchev–Trinajstić information content (AvgIpc) is 2.96. The first-order valence-electron chi connectivity index (χ1n) is 7.80. The molecule has 0 aliphatic rings. The van der Waals surface area contributed by atoms with Gasteiger partial charge in [0, 0.05) is 25.1 Å². The van der Waals surface area contributed by atoms with Crippen molar-refractivity contribution in [1.82, 2.24) is 15.6 Å². The lowest BCUT2D eigenvalue weighted by molar-refractivity contribution is -0.142. The molecule has 0 bridgehead atoms. The minimum absolute atomic E-state index is 0.0601. The van der Waals surface area contributed by atoms with Crippen LogP contribution in [0, 0.1) is 0 Å². The summed E-state index contributed by atoms with van der Waals surface area (Å²) in [5.41, 5.74) is 0.696. The van der Waals surface area contributed by atoms with Gasteiger partial charge in [0.25, 0.3) is 0 Å². The first-order valence-corrected chi connectivity index (χ1v) is 8.68. The third kappa shape index (κ3) is 7.94. The summed E-state index contributed by atoms with van der Waals surface area (Å²) in [4.78, 5) is 27.3. The van der Waals surface area contributed by atoms with Gasteiger partial charge in [-0.1, -0.05) is 0 Å². The number of aromatic nitrogens is 1. The Morgan fingerprint density at radius 3 is 2.83 bits per heavy atom. The minimum Gasteiger partial charge on any atom is -0.465 e. The smallest absolute Gasteiger partial charge is 0.314 e. The maximum atomic E-state index is 11.7. The van der Waals surface area contributed by atoms with E-state index in [-0.39, 0.29) is 31.1 Å². The lowest BCUT2D eigenvalue weighted by atomic mass is 10.3. The van der Waals surface area contributed by atoms with Crippen LogP contribution in [0.3, 0.4) is 0 Å². The molecule has 0 saturated heterocycles. The zero-order chi connectivity index (χ0) is 17.1. The van der Waals surface area contributed by atoms with Crippen LogP contribution in [0.15, 0.2) is 5.38 Å². The predicted octanol–water partition coefficient (Wildman–Crippen LogP) is 2.04. The van der Waals surface area contributed by atoms with Gasteiger partial charge < -0.3 is 20.1 Å². The number of urea groups is 1. The molecule has 1 atom stereocenters. The normalized spacial score (nSPS) is 11.8. The maximum Gasteiger partial charge on any atom is 0.314 e. The summed E-state index contributed by atoms with van der Waals surface area (Å²) in [6.45, 7) is 7.67. The van der Waals surface area contributed by atoms with E-state index in [2.05, 4.69) is 15.6 Å². The van der Waals surface area contributed by atoms with Gasteiger partial charge in [0.15, 0.2) is 0 Å². The Morgan fingerprint density at radius 1 is 1.35 bits per heavy atom. The number of rotatable bonds is 10. The van der Waals surface area contributed by atoms with Crippen LogP contribution >= 0.6 is 11.3 Å². The largest absolute Gasteiger partial charge is 0.465 e. The maximum absolute atomic E-state index is 11.7. The van der Waals surface area contributed by atoms with Crippen LogP contribution in [0.1, 0.15) is 44.0 Å². The molecular formula is C15H25N3O4S. The van der Waals surface area contributed by atoms with Crippen LogP contribution in [-0.2, 0) is 20.7 Å². The first kappa shape index (κ1) is 19.4. The fraction of sp³-hybridized carbons (Fsp3) is 0.667. The second-order valence-electron chi connectivity index (χ2n) is 4.81. The Balaban J connectivity index is 2.20. The van der Waals surface area contributed by atoms with Crippen molar-refractivity contribution < 1.29 is 19.1 Å². The summed E-state index contributed by atoms with van der Waals surface area (Å²) in [5.74, 6) is -0.316. The molecule has 0 unspecified atom stereocenters. The Bertz CT molecular complexity index is 493. The number of carbonyl (C=O) groups is 2. The molecule has 2 N–H and O–H groups in total. The van der Waals surface area contributed by atoms with E-state index in [0.29, 0.717) is 31.8 Å². The molecule has 0 aliphatic carbocycles. The van der Waals surface area contributed by atoms with E-state index in [1.54, 1.807) is 0 Å². The van der Waals surface area contributed by atoms with Crippen molar-refractivity contribution in [3.63, 3.8) is 0 Å². The van der Waals surface area contributed by atoms with Gasteiger partial charge in [0.05, 0.1) is 18.7 Å². The summed E-state index contributed by atoms with van der Waals surface area (Å²) in [5, 5.41) is 8.00. The lowest BCUT2D eigenvalue weighted by Gasteiger charge is -2.07. The summed E-state index contributed by atoms with van der Waals surface area (Å²) in [6.07, 6.45) is 0.668. The highest BCUT2D eigenvalue weighted by Crippen LogP contribution is 2.21. The monoisotopic (exact) mass is 343 g/mol. The van der Waals surface area contributed by atoms with Crippen LogP contribution < -0.4 is 10.6 Å². The number of hydrogen-bond acceptors (Lipinski definition) is 6. The zero-order valence-electron chi connectivity index (χ0n) is 13.9. The van der Waals surface area contributed by atoms with Crippen molar-refractivity contribution >= 4 is 23.3 Å². The molecule has 2 amide bonds. The molecule has 0 aromatic carbocycles. The summed E-state index contributed by atoms with van der Waals surface area (Å²) < 4.78 is 10.6. The number of nitrogens with one attached hydrogen (secondary N) is 2. The van der Waals surface area contributed by atoms with E-state index < -0.39 is 0 Å². The second-order valence-corrected chi connectivity index (χ2v) is 5.70. The number of esters is 1. The number of nitrogens with zero attached hydrogens (tertiary/aromatic N) is 1. The molecular weight excluding hydrogens is 318 g/mol. The molecule has 0 aliphatic heterocycles. The lowest BCUT2D eigenvalue weighted by Crippen LogP contribution is -2.36. The topological polar surface area (TPSA) is 89.6 Å². The number of hydrogen-bond donors (Lipinski definition) is 2. The van der Waals surface area contributed by atoms with Crippen molar-refractivity contribution in [1.29, 1.82) is 0 Å². The quantitative estimate of drug-likeness (QED) is 0.501. The predicted molar refractivity (Wildman–Crippen MR) is 88.5 cm³/mol. The Morgan fingerprint density at radius 2 is 2.13 bits per heavy atom. The molecule has 1 rings (SSSR count). The Kier molecular flexibility index (Phi) is 9.23. The minimum atomic E-state index is -0.316. The van der Waals surface area contributed by atoms with Crippen LogP contribution in [-0.4, -0.2) is 43.3 Å². The number of amides is 2. The first-order chi connectivity index (χ1) is 11.1. The number of ether oxygens (including phenoxy) is 2. The third-order valence-corrected chi connectivity index (χ3v) is 3.92. The van der Waals surface area contributed by atoms with Crippen LogP contribution in [0.4, 0.5) is 4.79 Å². The molecule has 0 fully saturated rings. The van der Waals surface area contributed by atoms with Crippen LogP contribution in [0.2, 0.25) is 0 Å². The zero-order valence-corrected chi connectivity index (χ0v) is 14.7. The van der Waals surface area contributed by atoms with Gasteiger partial charge in [-0.2, -0.15) is 0 Å². The van der Waals surface area contributed by atoms with E-state index >= 15 is 0 Å². The molecule has 7 nitrogen and oxygen atoms in total. The van der Waals surface area contributed by atoms with E-state index in [0.717, 1.165) is 5.01 Å². The van der Waals surface area contributed by atoms with E-state index in [9.17, 15) is 9.59 Å². The third-order valence-electron chi connectivity index (χ3n) is 2.87. The van der Waals surface area contributed by atoms with Crippen molar-refractivity contribution in [3.05, 3.63) is 16.1 Å². The van der Waals surface area contributed by atoms with Crippen molar-refractivity contribution in [2.75, 3.05) is 26.3 Å².